The van der Waals surface area contributed by atoms with Crippen LogP contribution >= 0.6 is 11.8 Å². The molecule has 0 bridgehead atoms. The smallest absolute Gasteiger partial charge is 0.0222 e. The van der Waals surface area contributed by atoms with Crippen molar-refractivity contribution in [3.05, 3.63) is 0 Å². The van der Waals surface area contributed by atoms with Crippen molar-refractivity contribution in [2.45, 2.75) is 44.0 Å². The molecule has 2 saturated heterocycles. The zero-order valence-corrected chi connectivity index (χ0v) is 10.1. The first-order valence-corrected chi connectivity index (χ1v) is 6.84. The quantitative estimate of drug-likeness (QED) is 0.756. The van der Waals surface area contributed by atoms with E-state index in [1.807, 2.05) is 0 Å². The highest BCUT2D eigenvalue weighted by atomic mass is 32.2. The van der Waals surface area contributed by atoms with Crippen LogP contribution in [0, 0.1) is 5.92 Å². The fraction of sp³-hybridized carbons (Fsp3) is 1.00. The van der Waals surface area contributed by atoms with Crippen molar-refractivity contribution in [1.82, 2.24) is 4.90 Å². The second-order valence-electron chi connectivity index (χ2n) is 4.82. The largest absolute Gasteiger partial charge is 0.330 e. The van der Waals surface area contributed by atoms with Crippen molar-refractivity contribution in [3.63, 3.8) is 0 Å². The molecule has 4 atom stereocenters. The van der Waals surface area contributed by atoms with Crippen LogP contribution in [0.2, 0.25) is 0 Å². The molecular weight excluding hydrogens is 192 g/mol. The Morgan fingerprint density at radius 2 is 2.21 bits per heavy atom. The third-order valence-corrected chi connectivity index (χ3v) is 5.12. The highest BCUT2D eigenvalue weighted by Crippen LogP contribution is 2.35. The molecule has 3 heteroatoms. The van der Waals surface area contributed by atoms with Gasteiger partial charge in [0, 0.05) is 23.9 Å². The van der Waals surface area contributed by atoms with Gasteiger partial charge >= 0.3 is 0 Å². The zero-order chi connectivity index (χ0) is 10.1. The minimum Gasteiger partial charge on any atom is -0.330 e. The number of hydrogen-bond acceptors (Lipinski definition) is 3. The lowest BCUT2D eigenvalue weighted by molar-refractivity contribution is 0.187. The van der Waals surface area contributed by atoms with Crippen LogP contribution in [0.15, 0.2) is 0 Å². The molecule has 82 valence electrons. The molecule has 0 amide bonds. The molecule has 2 fully saturated rings. The highest BCUT2D eigenvalue weighted by molar-refractivity contribution is 8.00. The number of rotatable bonds is 2. The highest BCUT2D eigenvalue weighted by Gasteiger charge is 2.37. The lowest BCUT2D eigenvalue weighted by atomic mass is 10.1. The van der Waals surface area contributed by atoms with E-state index in [1.54, 1.807) is 0 Å². The van der Waals surface area contributed by atoms with Crippen LogP contribution in [0.4, 0.5) is 0 Å². The van der Waals surface area contributed by atoms with Gasteiger partial charge < -0.3 is 5.73 Å². The van der Waals surface area contributed by atoms with Crippen molar-refractivity contribution >= 4 is 11.8 Å². The van der Waals surface area contributed by atoms with Gasteiger partial charge in [-0.3, -0.25) is 4.90 Å². The summed E-state index contributed by atoms with van der Waals surface area (Å²) in [4.78, 5) is 2.71. The summed E-state index contributed by atoms with van der Waals surface area (Å²) in [5, 5.41) is 0.828. The molecule has 0 aromatic carbocycles. The lowest BCUT2D eigenvalue weighted by Crippen LogP contribution is -2.41. The summed E-state index contributed by atoms with van der Waals surface area (Å²) < 4.78 is 0. The van der Waals surface area contributed by atoms with Crippen molar-refractivity contribution < 1.29 is 0 Å². The Hall–Kier alpha value is 0.270. The topological polar surface area (TPSA) is 29.3 Å². The van der Waals surface area contributed by atoms with Gasteiger partial charge in [-0.05, 0) is 38.0 Å². The molecule has 2 aliphatic rings. The second-order valence-corrected chi connectivity index (χ2v) is 6.30. The van der Waals surface area contributed by atoms with Crippen molar-refractivity contribution in [1.29, 1.82) is 0 Å². The number of hydrogen-bond donors (Lipinski definition) is 1. The maximum atomic E-state index is 5.76. The van der Waals surface area contributed by atoms with E-state index in [1.165, 1.54) is 25.1 Å². The molecule has 2 rings (SSSR count). The van der Waals surface area contributed by atoms with Gasteiger partial charge in [0.25, 0.3) is 0 Å². The first kappa shape index (κ1) is 10.8. The van der Waals surface area contributed by atoms with Gasteiger partial charge in [-0.15, -0.1) is 0 Å². The van der Waals surface area contributed by atoms with E-state index in [2.05, 4.69) is 30.5 Å². The standard InChI is InChI=1S/C11H22N2S/c1-8-5-10(6-12)7-13(8)11-3-4-14-9(11)2/h8-11H,3-7,12H2,1-2H3. The van der Waals surface area contributed by atoms with E-state index in [4.69, 9.17) is 5.73 Å². The molecule has 0 aliphatic carbocycles. The molecule has 0 radical (unpaired) electrons. The number of thioether (sulfide) groups is 1. The van der Waals surface area contributed by atoms with Gasteiger partial charge in [-0.1, -0.05) is 6.92 Å². The Morgan fingerprint density at radius 3 is 2.71 bits per heavy atom. The first-order valence-electron chi connectivity index (χ1n) is 5.79. The van der Waals surface area contributed by atoms with Crippen LogP contribution in [-0.2, 0) is 0 Å². The maximum absolute atomic E-state index is 5.76. The van der Waals surface area contributed by atoms with Gasteiger partial charge in [-0.25, -0.2) is 0 Å². The summed E-state index contributed by atoms with van der Waals surface area (Å²) in [5.74, 6) is 2.10. The monoisotopic (exact) mass is 214 g/mol. The third kappa shape index (κ3) is 1.95. The van der Waals surface area contributed by atoms with E-state index in [0.29, 0.717) is 0 Å². The van der Waals surface area contributed by atoms with Crippen LogP contribution in [0.25, 0.3) is 0 Å². The Kier molecular flexibility index (Phi) is 3.40. The summed E-state index contributed by atoms with van der Waals surface area (Å²) in [6.45, 7) is 6.86. The van der Waals surface area contributed by atoms with E-state index in [9.17, 15) is 0 Å². The van der Waals surface area contributed by atoms with E-state index in [0.717, 1.165) is 29.8 Å². The number of nitrogens with two attached hydrogens (primary N) is 1. The number of likely N-dealkylation sites (tertiary alicyclic amines) is 1. The summed E-state index contributed by atoms with van der Waals surface area (Å²) in [5.41, 5.74) is 5.76. The first-order chi connectivity index (χ1) is 6.72. The fourth-order valence-electron chi connectivity index (χ4n) is 2.96. The van der Waals surface area contributed by atoms with Gasteiger partial charge in [0.1, 0.15) is 0 Å². The molecule has 0 spiro atoms. The minimum atomic E-state index is 0.753. The number of nitrogens with zero attached hydrogens (tertiary/aromatic N) is 1. The van der Waals surface area contributed by atoms with E-state index >= 15 is 0 Å². The molecule has 0 aromatic rings. The lowest BCUT2D eigenvalue weighted by Gasteiger charge is -2.30. The third-order valence-electron chi connectivity index (χ3n) is 3.81. The predicted molar refractivity (Wildman–Crippen MR) is 63.7 cm³/mol. The molecule has 2 N–H and O–H groups in total. The minimum absolute atomic E-state index is 0.753. The van der Waals surface area contributed by atoms with Gasteiger partial charge in [0.2, 0.25) is 0 Å². The summed E-state index contributed by atoms with van der Waals surface area (Å²) in [6, 6.07) is 1.58. The Morgan fingerprint density at radius 1 is 1.43 bits per heavy atom. The van der Waals surface area contributed by atoms with Crippen LogP contribution in [0.3, 0.4) is 0 Å². The summed E-state index contributed by atoms with van der Waals surface area (Å²) >= 11 is 2.13. The predicted octanol–water partition coefficient (Wildman–Crippen LogP) is 1.55. The van der Waals surface area contributed by atoms with E-state index < -0.39 is 0 Å². The fourth-order valence-corrected chi connectivity index (χ4v) is 4.22. The molecular formula is C11H22N2S. The summed E-state index contributed by atoms with van der Waals surface area (Å²) in [7, 11) is 0. The molecule has 14 heavy (non-hydrogen) atoms. The SMILES string of the molecule is CC1SCCC1N1CC(CN)CC1C. The average Bonchev–Trinajstić information content (AvgIpc) is 2.72. The molecule has 0 saturated carbocycles. The van der Waals surface area contributed by atoms with Gasteiger partial charge in [0.05, 0.1) is 0 Å². The Balaban J connectivity index is 1.97. The second kappa shape index (κ2) is 4.42. The van der Waals surface area contributed by atoms with Gasteiger partial charge in [-0.2, -0.15) is 11.8 Å². The molecule has 2 aliphatic heterocycles. The zero-order valence-electron chi connectivity index (χ0n) is 9.28. The molecule has 2 nitrogen and oxygen atoms in total. The Labute approximate surface area is 91.6 Å². The van der Waals surface area contributed by atoms with Crippen LogP contribution in [0.5, 0.6) is 0 Å². The van der Waals surface area contributed by atoms with Gasteiger partial charge in [0.15, 0.2) is 0 Å². The van der Waals surface area contributed by atoms with Crippen molar-refractivity contribution in [2.75, 3.05) is 18.8 Å². The molecule has 0 aromatic heterocycles. The normalized spacial score (nSPS) is 44.8. The van der Waals surface area contributed by atoms with Crippen molar-refractivity contribution in [3.8, 4) is 0 Å². The maximum Gasteiger partial charge on any atom is 0.0222 e. The molecule has 2 heterocycles. The average molecular weight is 214 g/mol. The van der Waals surface area contributed by atoms with Crippen LogP contribution in [-0.4, -0.2) is 41.1 Å². The Bertz CT molecular complexity index is 198. The van der Waals surface area contributed by atoms with Crippen LogP contribution in [0.1, 0.15) is 26.7 Å². The summed E-state index contributed by atoms with van der Waals surface area (Å²) in [6.07, 6.45) is 2.69. The van der Waals surface area contributed by atoms with E-state index in [-0.39, 0.29) is 0 Å². The van der Waals surface area contributed by atoms with Crippen molar-refractivity contribution in [2.24, 2.45) is 11.7 Å². The molecule has 4 unspecified atom stereocenters. The van der Waals surface area contributed by atoms with Crippen LogP contribution < -0.4 is 5.73 Å².